The summed E-state index contributed by atoms with van der Waals surface area (Å²) in [5.41, 5.74) is 7.31. The second-order valence-corrected chi connectivity index (χ2v) is 7.96. The molecule has 1 aliphatic carbocycles. The number of benzene rings is 1. The monoisotopic (exact) mass is 405 g/mol. The number of carbonyl (C=O) groups is 2. The van der Waals surface area contributed by atoms with Crippen molar-refractivity contribution in [3.63, 3.8) is 0 Å². The summed E-state index contributed by atoms with van der Waals surface area (Å²) in [6.45, 7) is 4.03. The van der Waals surface area contributed by atoms with Gasteiger partial charge in [0, 0.05) is 22.9 Å². The highest BCUT2D eigenvalue weighted by Gasteiger charge is 2.45. The lowest BCUT2D eigenvalue weighted by molar-refractivity contribution is -0.136. The number of esters is 1. The molecule has 1 aromatic rings. The predicted molar refractivity (Wildman–Crippen MR) is 96.2 cm³/mol. The minimum absolute atomic E-state index is 0.00291. The molecule has 6 heteroatoms. The van der Waals surface area contributed by atoms with Crippen molar-refractivity contribution in [3.8, 4) is 0 Å². The summed E-state index contributed by atoms with van der Waals surface area (Å²) in [5.74, 6) is -0.678. The zero-order chi connectivity index (χ0) is 18.4. The maximum absolute atomic E-state index is 12.9. The van der Waals surface area contributed by atoms with Gasteiger partial charge >= 0.3 is 5.97 Å². The van der Waals surface area contributed by atoms with E-state index in [9.17, 15) is 9.59 Å². The van der Waals surface area contributed by atoms with Gasteiger partial charge in [-0.1, -0.05) is 48.0 Å². The maximum Gasteiger partial charge on any atom is 0.340 e. The lowest BCUT2D eigenvalue weighted by atomic mass is 9.70. The number of ketones is 1. The van der Waals surface area contributed by atoms with Crippen molar-refractivity contribution in [2.75, 3.05) is 7.11 Å². The quantitative estimate of drug-likeness (QED) is 0.760. The summed E-state index contributed by atoms with van der Waals surface area (Å²) in [5, 5.41) is 0. The van der Waals surface area contributed by atoms with E-state index in [4.69, 9.17) is 15.2 Å². The van der Waals surface area contributed by atoms with Crippen LogP contribution in [0.5, 0.6) is 0 Å². The minimum atomic E-state index is -0.602. The van der Waals surface area contributed by atoms with Gasteiger partial charge in [-0.3, -0.25) is 4.79 Å². The molecule has 0 aromatic heterocycles. The third-order valence-corrected chi connectivity index (χ3v) is 5.30. The highest BCUT2D eigenvalue weighted by atomic mass is 79.9. The highest BCUT2D eigenvalue weighted by Crippen LogP contribution is 2.49. The molecule has 0 unspecified atom stereocenters. The number of Topliss-reactive ketones (excluding diaryl/α,β-unsaturated/α-hetero) is 1. The van der Waals surface area contributed by atoms with Gasteiger partial charge in [-0.05, 0) is 17.0 Å². The van der Waals surface area contributed by atoms with E-state index in [0.29, 0.717) is 24.2 Å². The van der Waals surface area contributed by atoms with Crippen molar-refractivity contribution in [2.24, 2.45) is 11.1 Å². The van der Waals surface area contributed by atoms with E-state index in [1.807, 2.05) is 38.1 Å². The molecule has 2 aliphatic rings. The molecule has 1 aromatic carbocycles. The van der Waals surface area contributed by atoms with E-state index in [2.05, 4.69) is 15.9 Å². The first-order valence-electron chi connectivity index (χ1n) is 8.01. The Morgan fingerprint density at radius 1 is 1.32 bits per heavy atom. The molecule has 1 aliphatic heterocycles. The highest BCUT2D eigenvalue weighted by molar-refractivity contribution is 9.10. The van der Waals surface area contributed by atoms with Crippen molar-refractivity contribution in [1.29, 1.82) is 0 Å². The Hall–Kier alpha value is -2.08. The number of methoxy groups -OCH3 is 1. The molecular formula is C19H20BrNO4. The largest absolute Gasteiger partial charge is 0.465 e. The molecular weight excluding hydrogens is 386 g/mol. The number of hydrogen-bond donors (Lipinski definition) is 1. The number of rotatable bonds is 2. The van der Waals surface area contributed by atoms with E-state index in [0.717, 1.165) is 10.0 Å². The second kappa shape index (κ2) is 6.33. The van der Waals surface area contributed by atoms with Crippen LogP contribution in [0.1, 0.15) is 38.2 Å². The molecule has 0 saturated carbocycles. The van der Waals surface area contributed by atoms with Gasteiger partial charge in [0.1, 0.15) is 11.3 Å². The number of allylic oxidation sites excluding steroid dienone is 2. The van der Waals surface area contributed by atoms with E-state index in [-0.39, 0.29) is 22.7 Å². The number of ether oxygens (including phenoxy) is 2. The Labute approximate surface area is 155 Å². The average Bonchev–Trinajstić information content (AvgIpc) is 2.52. The third-order valence-electron chi connectivity index (χ3n) is 4.58. The zero-order valence-corrected chi connectivity index (χ0v) is 16.0. The van der Waals surface area contributed by atoms with E-state index in [1.165, 1.54) is 7.11 Å². The molecule has 0 radical (unpaired) electrons. The lowest BCUT2D eigenvalue weighted by Crippen LogP contribution is -2.35. The molecule has 25 heavy (non-hydrogen) atoms. The molecule has 3 rings (SSSR count). The summed E-state index contributed by atoms with van der Waals surface area (Å²) in [4.78, 5) is 25.3. The van der Waals surface area contributed by atoms with Crippen molar-refractivity contribution in [1.82, 2.24) is 0 Å². The first-order valence-corrected chi connectivity index (χ1v) is 8.81. The van der Waals surface area contributed by atoms with Crippen LogP contribution in [-0.4, -0.2) is 18.9 Å². The van der Waals surface area contributed by atoms with Gasteiger partial charge in [-0.15, -0.1) is 0 Å². The van der Waals surface area contributed by atoms with Gasteiger partial charge in [0.15, 0.2) is 5.78 Å². The van der Waals surface area contributed by atoms with Crippen LogP contribution in [-0.2, 0) is 19.1 Å². The number of carbonyl (C=O) groups excluding carboxylic acids is 2. The van der Waals surface area contributed by atoms with Crippen LogP contribution in [0.25, 0.3) is 0 Å². The summed E-state index contributed by atoms with van der Waals surface area (Å²) in [6.07, 6.45) is 0.981. The Morgan fingerprint density at radius 3 is 2.64 bits per heavy atom. The summed E-state index contributed by atoms with van der Waals surface area (Å²) >= 11 is 3.52. The smallest absolute Gasteiger partial charge is 0.340 e. The van der Waals surface area contributed by atoms with Gasteiger partial charge in [0.05, 0.1) is 13.0 Å². The van der Waals surface area contributed by atoms with E-state index < -0.39 is 11.9 Å². The third kappa shape index (κ3) is 3.11. The van der Waals surface area contributed by atoms with Gasteiger partial charge in [-0.25, -0.2) is 4.79 Å². The zero-order valence-electron chi connectivity index (χ0n) is 14.4. The number of hydrogen-bond acceptors (Lipinski definition) is 5. The van der Waals surface area contributed by atoms with Gasteiger partial charge < -0.3 is 15.2 Å². The van der Waals surface area contributed by atoms with Gasteiger partial charge in [0.2, 0.25) is 5.88 Å². The first kappa shape index (κ1) is 17.7. The fourth-order valence-electron chi connectivity index (χ4n) is 3.51. The predicted octanol–water partition coefficient (Wildman–Crippen LogP) is 3.55. The Bertz CT molecular complexity index is 822. The average molecular weight is 406 g/mol. The fourth-order valence-corrected chi connectivity index (χ4v) is 4.03. The maximum atomic E-state index is 12.9. The fraction of sp³-hybridized carbons (Fsp3) is 0.368. The molecule has 1 heterocycles. The molecule has 0 fully saturated rings. The van der Waals surface area contributed by atoms with Crippen molar-refractivity contribution in [2.45, 2.75) is 32.6 Å². The molecule has 0 spiro atoms. The number of halogens is 1. The van der Waals surface area contributed by atoms with Crippen molar-refractivity contribution in [3.05, 3.63) is 57.1 Å². The van der Waals surface area contributed by atoms with Crippen LogP contribution in [0.2, 0.25) is 0 Å². The molecule has 2 N–H and O–H groups in total. The van der Waals surface area contributed by atoms with Crippen LogP contribution in [0.3, 0.4) is 0 Å². The lowest BCUT2D eigenvalue weighted by Gasteiger charge is -2.38. The Morgan fingerprint density at radius 2 is 2.00 bits per heavy atom. The molecule has 1 atom stereocenters. The molecule has 132 valence electrons. The van der Waals surface area contributed by atoms with Crippen LogP contribution in [0, 0.1) is 5.41 Å². The Kier molecular flexibility index (Phi) is 4.49. The minimum Gasteiger partial charge on any atom is -0.465 e. The van der Waals surface area contributed by atoms with E-state index in [1.54, 1.807) is 0 Å². The SMILES string of the molecule is COC(=O)C1=C(N)OC2=C(C(=O)CC(C)(C)C2)[C@H]1c1ccccc1Br. The Balaban J connectivity index is 2.24. The number of nitrogens with two attached hydrogens (primary N) is 1. The molecule has 0 amide bonds. The second-order valence-electron chi connectivity index (χ2n) is 7.10. The van der Waals surface area contributed by atoms with Crippen LogP contribution in [0.4, 0.5) is 0 Å². The van der Waals surface area contributed by atoms with Crippen LogP contribution < -0.4 is 5.73 Å². The van der Waals surface area contributed by atoms with Crippen LogP contribution >= 0.6 is 15.9 Å². The summed E-state index contributed by atoms with van der Waals surface area (Å²) < 4.78 is 11.4. The van der Waals surface area contributed by atoms with Crippen molar-refractivity contribution >= 4 is 27.7 Å². The van der Waals surface area contributed by atoms with Gasteiger partial charge in [-0.2, -0.15) is 0 Å². The standard InChI is InChI=1S/C19H20BrNO4/c1-19(2)8-12(22)15-13(9-19)25-17(21)16(18(23)24-3)14(15)10-6-4-5-7-11(10)20/h4-7,14H,8-9,21H2,1-3H3/t14-/m1/s1. The topological polar surface area (TPSA) is 78.6 Å². The molecule has 0 bridgehead atoms. The van der Waals surface area contributed by atoms with Crippen molar-refractivity contribution < 1.29 is 19.1 Å². The molecule has 5 nitrogen and oxygen atoms in total. The summed E-state index contributed by atoms with van der Waals surface area (Å²) in [6, 6.07) is 7.47. The summed E-state index contributed by atoms with van der Waals surface area (Å²) in [7, 11) is 1.29. The molecule has 0 saturated heterocycles. The van der Waals surface area contributed by atoms with Crippen LogP contribution in [0.15, 0.2) is 51.5 Å². The van der Waals surface area contributed by atoms with Gasteiger partial charge in [0.25, 0.3) is 0 Å². The first-order chi connectivity index (χ1) is 11.7. The van der Waals surface area contributed by atoms with E-state index >= 15 is 0 Å². The normalized spacial score (nSPS) is 22.4.